The second-order valence-corrected chi connectivity index (χ2v) is 2.15. The second kappa shape index (κ2) is 7.51. The Hall–Kier alpha value is -1.14. The average molecular weight is 191 g/mol. The monoisotopic (exact) mass is 191 g/mol. The van der Waals surface area contributed by atoms with Crippen molar-refractivity contribution in [2.75, 3.05) is 19.8 Å². The third-order valence-corrected chi connectivity index (χ3v) is 1.06. The first-order valence-corrected chi connectivity index (χ1v) is 3.87. The van der Waals surface area contributed by atoms with E-state index in [4.69, 9.17) is 9.84 Å². The van der Waals surface area contributed by atoms with Gasteiger partial charge in [-0.3, -0.25) is 9.63 Å². The highest BCUT2D eigenvalue weighted by Crippen LogP contribution is 1.82. The van der Waals surface area contributed by atoms with Crippen LogP contribution < -0.4 is 5.48 Å². The smallest absolute Gasteiger partial charge is 0.332 e. The van der Waals surface area contributed by atoms with Gasteiger partial charge >= 0.3 is 5.97 Å². The van der Waals surface area contributed by atoms with E-state index < -0.39 is 18.5 Å². The number of hydrogen-bond acceptors (Lipinski definition) is 4. The number of carboxylic acid groups (broad SMARTS) is 1. The highest BCUT2D eigenvalue weighted by molar-refractivity contribution is 5.75. The molecule has 0 aliphatic heterocycles. The Labute approximate surface area is 75.8 Å². The van der Waals surface area contributed by atoms with Crippen molar-refractivity contribution in [2.24, 2.45) is 0 Å². The maximum absolute atomic E-state index is 10.8. The molecule has 0 fully saturated rings. The number of aliphatic carboxylic acids is 1. The van der Waals surface area contributed by atoms with Crippen LogP contribution in [0, 0.1) is 0 Å². The maximum Gasteiger partial charge on any atom is 0.332 e. The number of amides is 1. The van der Waals surface area contributed by atoms with E-state index in [9.17, 15) is 9.59 Å². The highest BCUT2D eigenvalue weighted by Gasteiger charge is 2.02. The van der Waals surface area contributed by atoms with E-state index in [0.717, 1.165) is 0 Å². The molecule has 76 valence electrons. The fraction of sp³-hybridized carbons (Fsp3) is 0.714. The van der Waals surface area contributed by atoms with Gasteiger partial charge in [0.15, 0.2) is 6.61 Å². The van der Waals surface area contributed by atoms with Crippen molar-refractivity contribution in [3.63, 3.8) is 0 Å². The zero-order valence-electron chi connectivity index (χ0n) is 7.41. The molecular formula is C7H13NO5. The molecule has 0 spiro atoms. The van der Waals surface area contributed by atoms with Crippen LogP contribution in [0.25, 0.3) is 0 Å². The molecule has 0 radical (unpaired) electrons. The second-order valence-electron chi connectivity index (χ2n) is 2.15. The molecule has 0 unspecified atom stereocenters. The molecule has 0 aromatic carbocycles. The minimum atomic E-state index is -1.13. The van der Waals surface area contributed by atoms with Crippen LogP contribution >= 0.6 is 0 Å². The fourth-order valence-corrected chi connectivity index (χ4v) is 0.539. The van der Waals surface area contributed by atoms with Crippen LogP contribution in [0.1, 0.15) is 13.3 Å². The Kier molecular flexibility index (Phi) is 6.85. The van der Waals surface area contributed by atoms with E-state index in [1.165, 1.54) is 0 Å². The van der Waals surface area contributed by atoms with Gasteiger partial charge in [-0.05, 0) is 6.92 Å². The first-order chi connectivity index (χ1) is 6.16. The molecule has 0 heterocycles. The van der Waals surface area contributed by atoms with Crippen LogP contribution in [-0.4, -0.2) is 36.8 Å². The molecule has 6 heteroatoms. The van der Waals surface area contributed by atoms with E-state index in [1.807, 2.05) is 12.4 Å². The first kappa shape index (κ1) is 11.9. The lowest BCUT2D eigenvalue weighted by Gasteiger charge is -2.03. The number of carboxylic acids is 1. The predicted octanol–water partition coefficient (Wildman–Crippen LogP) is -0.455. The van der Waals surface area contributed by atoms with Gasteiger partial charge in [0.25, 0.3) is 0 Å². The van der Waals surface area contributed by atoms with Gasteiger partial charge in [0, 0.05) is 6.61 Å². The van der Waals surface area contributed by atoms with Crippen LogP contribution in [0.5, 0.6) is 0 Å². The maximum atomic E-state index is 10.8. The number of nitrogens with one attached hydrogen (secondary N) is 1. The number of carbonyl (C=O) groups is 2. The van der Waals surface area contributed by atoms with Gasteiger partial charge in [-0.2, -0.15) is 0 Å². The van der Waals surface area contributed by atoms with Crippen molar-refractivity contribution in [1.29, 1.82) is 0 Å². The minimum absolute atomic E-state index is 0.160. The summed E-state index contributed by atoms with van der Waals surface area (Å²) in [4.78, 5) is 25.1. The van der Waals surface area contributed by atoms with Gasteiger partial charge in [0.2, 0.25) is 5.91 Å². The molecule has 0 aliphatic carbocycles. The molecular weight excluding hydrogens is 178 g/mol. The summed E-state index contributed by atoms with van der Waals surface area (Å²) in [6, 6.07) is 0. The Morgan fingerprint density at radius 1 is 1.46 bits per heavy atom. The van der Waals surface area contributed by atoms with E-state index in [0.29, 0.717) is 13.2 Å². The SMILES string of the molecule is CCOCCC(=O)NOCC(=O)O. The number of rotatable bonds is 7. The standard InChI is InChI=1S/C7H13NO5/c1-2-12-4-3-6(9)8-13-5-7(10)11/h2-5H2,1H3,(H,8,9)(H,10,11). The minimum Gasteiger partial charge on any atom is -0.479 e. The van der Waals surface area contributed by atoms with Gasteiger partial charge in [0.05, 0.1) is 13.0 Å². The van der Waals surface area contributed by atoms with Crippen LogP contribution in [0.4, 0.5) is 0 Å². The van der Waals surface area contributed by atoms with E-state index >= 15 is 0 Å². The van der Waals surface area contributed by atoms with E-state index in [1.54, 1.807) is 0 Å². The summed E-state index contributed by atoms with van der Waals surface area (Å²) in [5, 5.41) is 8.14. The molecule has 0 aliphatic rings. The van der Waals surface area contributed by atoms with Gasteiger partial charge in [0.1, 0.15) is 0 Å². The van der Waals surface area contributed by atoms with Gasteiger partial charge < -0.3 is 9.84 Å². The summed E-state index contributed by atoms with van der Waals surface area (Å²) in [7, 11) is 0. The first-order valence-electron chi connectivity index (χ1n) is 3.87. The van der Waals surface area contributed by atoms with Crippen molar-refractivity contribution >= 4 is 11.9 Å². The van der Waals surface area contributed by atoms with Crippen molar-refractivity contribution in [1.82, 2.24) is 5.48 Å². The molecule has 13 heavy (non-hydrogen) atoms. The zero-order chi connectivity index (χ0) is 10.1. The number of ether oxygens (including phenoxy) is 1. The van der Waals surface area contributed by atoms with Gasteiger partial charge in [-0.15, -0.1) is 0 Å². The lowest BCUT2D eigenvalue weighted by Crippen LogP contribution is -2.27. The van der Waals surface area contributed by atoms with E-state index in [2.05, 4.69) is 4.84 Å². The topological polar surface area (TPSA) is 84.9 Å². The van der Waals surface area contributed by atoms with Crippen molar-refractivity contribution < 1.29 is 24.3 Å². The Balaban J connectivity index is 3.25. The summed E-state index contributed by atoms with van der Waals surface area (Å²) in [5.74, 6) is -1.53. The quantitative estimate of drug-likeness (QED) is 0.420. The number of carbonyl (C=O) groups excluding carboxylic acids is 1. The van der Waals surface area contributed by atoms with Crippen LogP contribution in [-0.2, 0) is 19.2 Å². The molecule has 6 nitrogen and oxygen atoms in total. The molecule has 0 saturated carbocycles. The normalized spacial score (nSPS) is 9.62. The third kappa shape index (κ3) is 8.77. The summed E-state index contributed by atoms with van der Waals surface area (Å²) in [6.45, 7) is 2.13. The molecule has 0 aromatic rings. The zero-order valence-corrected chi connectivity index (χ0v) is 7.41. The lowest BCUT2D eigenvalue weighted by atomic mass is 10.4. The molecule has 0 bridgehead atoms. The van der Waals surface area contributed by atoms with Gasteiger partial charge in [-0.1, -0.05) is 0 Å². The van der Waals surface area contributed by atoms with E-state index in [-0.39, 0.29) is 6.42 Å². The Morgan fingerprint density at radius 3 is 2.69 bits per heavy atom. The van der Waals surface area contributed by atoms with Crippen LogP contribution in [0.15, 0.2) is 0 Å². The highest BCUT2D eigenvalue weighted by atomic mass is 16.7. The molecule has 0 saturated heterocycles. The summed E-state index contributed by atoms with van der Waals surface area (Å²) in [6.07, 6.45) is 0.160. The largest absolute Gasteiger partial charge is 0.479 e. The molecule has 0 rings (SSSR count). The molecule has 2 N–H and O–H groups in total. The van der Waals surface area contributed by atoms with Gasteiger partial charge in [-0.25, -0.2) is 10.3 Å². The summed E-state index contributed by atoms with van der Waals surface area (Å²) >= 11 is 0. The summed E-state index contributed by atoms with van der Waals surface area (Å²) in [5.41, 5.74) is 1.97. The molecule has 0 atom stereocenters. The number of hydrogen-bond donors (Lipinski definition) is 2. The molecule has 0 aromatic heterocycles. The Bertz CT molecular complexity index is 170. The van der Waals surface area contributed by atoms with Crippen LogP contribution in [0.3, 0.4) is 0 Å². The Morgan fingerprint density at radius 2 is 2.15 bits per heavy atom. The fourth-order valence-electron chi connectivity index (χ4n) is 0.539. The average Bonchev–Trinajstić information content (AvgIpc) is 2.04. The van der Waals surface area contributed by atoms with Crippen molar-refractivity contribution in [3.8, 4) is 0 Å². The van der Waals surface area contributed by atoms with Crippen molar-refractivity contribution in [3.05, 3.63) is 0 Å². The third-order valence-electron chi connectivity index (χ3n) is 1.06. The van der Waals surface area contributed by atoms with Crippen molar-refractivity contribution in [2.45, 2.75) is 13.3 Å². The molecule has 1 amide bonds. The van der Waals surface area contributed by atoms with Crippen LogP contribution in [0.2, 0.25) is 0 Å². The lowest BCUT2D eigenvalue weighted by molar-refractivity contribution is -0.149. The predicted molar refractivity (Wildman–Crippen MR) is 42.8 cm³/mol. The number of hydroxylamine groups is 1. The summed E-state index contributed by atoms with van der Waals surface area (Å²) < 4.78 is 4.90.